The van der Waals surface area contributed by atoms with Gasteiger partial charge in [-0.25, -0.2) is 13.1 Å². The van der Waals surface area contributed by atoms with Crippen LogP contribution in [-0.4, -0.2) is 27.5 Å². The van der Waals surface area contributed by atoms with Gasteiger partial charge in [-0.1, -0.05) is 29.3 Å². The molecule has 20 heavy (non-hydrogen) atoms. The molecule has 1 aliphatic rings. The number of halogens is 3. The molecule has 0 spiro atoms. The smallest absolute Gasteiger partial charge is 0.215 e. The number of hydrogen-bond donors (Lipinski definition) is 2. The minimum Gasteiger partial charge on any atom is -0.313 e. The lowest BCUT2D eigenvalue weighted by Gasteiger charge is -2.13. The Morgan fingerprint density at radius 3 is 2.50 bits per heavy atom. The number of benzene rings is 1. The van der Waals surface area contributed by atoms with Crippen molar-refractivity contribution < 1.29 is 8.42 Å². The van der Waals surface area contributed by atoms with Gasteiger partial charge in [0, 0.05) is 28.2 Å². The summed E-state index contributed by atoms with van der Waals surface area (Å²) in [5.41, 5.74) is 0.442. The highest BCUT2D eigenvalue weighted by Gasteiger charge is 2.20. The second-order valence-corrected chi connectivity index (χ2v) is 7.22. The Morgan fingerprint density at radius 1 is 1.30 bits per heavy atom. The van der Waals surface area contributed by atoms with E-state index < -0.39 is 10.0 Å². The zero-order chi connectivity index (χ0) is 13.9. The van der Waals surface area contributed by atoms with E-state index in [0.29, 0.717) is 22.2 Å². The molecular weight excluding hydrogens is 343 g/mol. The van der Waals surface area contributed by atoms with Crippen molar-refractivity contribution in [3.8, 4) is 0 Å². The van der Waals surface area contributed by atoms with Crippen LogP contribution in [0.5, 0.6) is 0 Å². The second-order valence-electron chi connectivity index (χ2n) is 4.60. The highest BCUT2D eigenvalue weighted by molar-refractivity contribution is 7.88. The maximum atomic E-state index is 12.0. The summed E-state index contributed by atoms with van der Waals surface area (Å²) in [6, 6.07) is 5.18. The van der Waals surface area contributed by atoms with Crippen LogP contribution in [0.25, 0.3) is 0 Å². The van der Waals surface area contributed by atoms with Gasteiger partial charge in [-0.2, -0.15) is 0 Å². The molecule has 2 rings (SSSR count). The summed E-state index contributed by atoms with van der Waals surface area (Å²) in [7, 11) is -3.43. The molecule has 2 N–H and O–H groups in total. The summed E-state index contributed by atoms with van der Waals surface area (Å²) in [6.07, 6.45) is 2.08. The van der Waals surface area contributed by atoms with Crippen molar-refractivity contribution >= 4 is 45.6 Å². The minimum absolute atomic E-state index is 0. The fourth-order valence-electron chi connectivity index (χ4n) is 2.07. The number of sulfonamides is 1. The molecular formula is C12H17Cl3N2O2S. The first-order valence-electron chi connectivity index (χ1n) is 6.11. The largest absolute Gasteiger partial charge is 0.313 e. The number of rotatable bonds is 5. The maximum absolute atomic E-state index is 12.0. The van der Waals surface area contributed by atoms with Gasteiger partial charge < -0.3 is 5.32 Å². The highest BCUT2D eigenvalue weighted by atomic mass is 35.5. The normalized spacial score (nSPS) is 18.8. The number of hydrogen-bond acceptors (Lipinski definition) is 3. The average Bonchev–Trinajstić information content (AvgIpc) is 2.85. The Balaban J connectivity index is 0.00000200. The van der Waals surface area contributed by atoms with E-state index in [4.69, 9.17) is 23.2 Å². The van der Waals surface area contributed by atoms with Crippen LogP contribution in [0.4, 0.5) is 0 Å². The van der Waals surface area contributed by atoms with Gasteiger partial charge in [0.2, 0.25) is 10.0 Å². The van der Waals surface area contributed by atoms with E-state index in [9.17, 15) is 8.42 Å². The molecule has 1 aromatic rings. The van der Waals surface area contributed by atoms with Gasteiger partial charge in [-0.05, 0) is 31.5 Å². The van der Waals surface area contributed by atoms with Gasteiger partial charge in [0.15, 0.2) is 0 Å². The van der Waals surface area contributed by atoms with Crippen molar-refractivity contribution in [2.24, 2.45) is 0 Å². The molecule has 1 aliphatic heterocycles. The molecule has 1 saturated heterocycles. The van der Waals surface area contributed by atoms with Gasteiger partial charge in [0.25, 0.3) is 0 Å². The summed E-state index contributed by atoms with van der Waals surface area (Å²) in [6.45, 7) is 1.35. The molecule has 1 unspecified atom stereocenters. The van der Waals surface area contributed by atoms with Crippen LogP contribution in [0.1, 0.15) is 18.4 Å². The predicted octanol–water partition coefficient (Wildman–Crippen LogP) is 2.59. The highest BCUT2D eigenvalue weighted by Crippen LogP contribution is 2.25. The summed E-state index contributed by atoms with van der Waals surface area (Å²) < 4.78 is 26.6. The van der Waals surface area contributed by atoms with E-state index in [1.165, 1.54) is 0 Å². The van der Waals surface area contributed by atoms with E-state index in [1.54, 1.807) is 18.2 Å². The molecule has 1 fully saturated rings. The molecule has 1 atom stereocenters. The van der Waals surface area contributed by atoms with Crippen molar-refractivity contribution in [3.63, 3.8) is 0 Å². The van der Waals surface area contributed by atoms with Crippen molar-refractivity contribution in [2.75, 3.05) is 13.1 Å². The Hall–Kier alpha value is -0.0400. The molecule has 1 aromatic carbocycles. The summed E-state index contributed by atoms with van der Waals surface area (Å²) in [4.78, 5) is 0. The van der Waals surface area contributed by atoms with E-state index in [-0.39, 0.29) is 24.2 Å². The second kappa shape index (κ2) is 7.82. The third kappa shape index (κ3) is 5.06. The van der Waals surface area contributed by atoms with E-state index in [2.05, 4.69) is 10.0 Å². The first kappa shape index (κ1) is 18.0. The fraction of sp³-hybridized carbons (Fsp3) is 0.500. The molecule has 0 saturated carbocycles. The van der Waals surface area contributed by atoms with Crippen molar-refractivity contribution in [1.29, 1.82) is 0 Å². The quantitative estimate of drug-likeness (QED) is 0.849. The molecule has 0 aliphatic carbocycles. The van der Waals surface area contributed by atoms with Crippen molar-refractivity contribution in [1.82, 2.24) is 10.0 Å². The van der Waals surface area contributed by atoms with Crippen molar-refractivity contribution in [2.45, 2.75) is 24.6 Å². The van der Waals surface area contributed by atoms with E-state index in [0.717, 1.165) is 19.4 Å². The van der Waals surface area contributed by atoms with Gasteiger partial charge in [0.05, 0.1) is 5.75 Å². The van der Waals surface area contributed by atoms with Crippen LogP contribution >= 0.6 is 35.6 Å². The monoisotopic (exact) mass is 358 g/mol. The summed E-state index contributed by atoms with van der Waals surface area (Å²) in [5.74, 6) is -0.196. The molecule has 8 heteroatoms. The maximum Gasteiger partial charge on any atom is 0.215 e. The van der Waals surface area contributed by atoms with E-state index in [1.807, 2.05) is 0 Å². The van der Waals surface area contributed by atoms with Gasteiger partial charge in [-0.15, -0.1) is 12.4 Å². The third-order valence-corrected chi connectivity index (χ3v) is 5.09. The predicted molar refractivity (Wildman–Crippen MR) is 85.4 cm³/mol. The molecule has 4 nitrogen and oxygen atoms in total. The molecule has 0 aromatic heterocycles. The SMILES string of the molecule is Cl.O=S(=O)(Cc1c(Cl)cccc1Cl)NCC1CCCN1. The van der Waals surface area contributed by atoms with Crippen LogP contribution in [0.2, 0.25) is 10.0 Å². The van der Waals surface area contributed by atoms with E-state index >= 15 is 0 Å². The van der Waals surface area contributed by atoms with Gasteiger partial charge in [0.1, 0.15) is 0 Å². The Morgan fingerprint density at radius 2 is 1.95 bits per heavy atom. The van der Waals surface area contributed by atoms with Crippen LogP contribution in [-0.2, 0) is 15.8 Å². The van der Waals surface area contributed by atoms with Crippen LogP contribution in [0.15, 0.2) is 18.2 Å². The lowest BCUT2D eigenvalue weighted by molar-refractivity contribution is 0.551. The standard InChI is InChI=1S/C12H16Cl2N2O2S.ClH/c13-11-4-1-5-12(14)10(11)8-19(17,18)16-7-9-3-2-6-15-9;/h1,4-5,9,15-16H,2-3,6-8H2;1H. The fourth-order valence-corrected chi connectivity index (χ4v) is 4.01. The summed E-state index contributed by atoms with van der Waals surface area (Å²) in [5, 5.41) is 3.98. The molecule has 0 bridgehead atoms. The number of nitrogens with one attached hydrogen (secondary N) is 2. The molecule has 1 heterocycles. The first-order chi connectivity index (χ1) is 8.98. The van der Waals surface area contributed by atoms with Crippen LogP contribution in [0.3, 0.4) is 0 Å². The Labute approximate surface area is 135 Å². The lowest BCUT2D eigenvalue weighted by atomic mass is 10.2. The van der Waals surface area contributed by atoms with Gasteiger partial charge in [-0.3, -0.25) is 0 Å². The zero-order valence-electron chi connectivity index (χ0n) is 10.7. The summed E-state index contributed by atoms with van der Waals surface area (Å²) >= 11 is 11.9. The topological polar surface area (TPSA) is 58.2 Å². The Kier molecular flexibility index (Phi) is 7.04. The third-order valence-electron chi connectivity index (χ3n) is 3.11. The van der Waals surface area contributed by atoms with Crippen LogP contribution < -0.4 is 10.0 Å². The van der Waals surface area contributed by atoms with Crippen molar-refractivity contribution in [3.05, 3.63) is 33.8 Å². The van der Waals surface area contributed by atoms with Crippen LogP contribution in [0, 0.1) is 0 Å². The average molecular weight is 360 g/mol. The molecule has 0 radical (unpaired) electrons. The lowest BCUT2D eigenvalue weighted by Crippen LogP contribution is -2.37. The minimum atomic E-state index is -3.43. The van der Waals surface area contributed by atoms with Gasteiger partial charge >= 0.3 is 0 Å². The zero-order valence-corrected chi connectivity index (χ0v) is 13.9. The molecule has 114 valence electrons. The molecule has 0 amide bonds. The first-order valence-corrected chi connectivity index (χ1v) is 8.52. The Bertz CT molecular complexity index is 525.